The van der Waals surface area contributed by atoms with Gasteiger partial charge in [-0.2, -0.15) is 5.10 Å². The van der Waals surface area contributed by atoms with Crippen LogP contribution in [-0.2, 0) is 4.79 Å². The number of H-pyrrole nitrogens is 1. The molecule has 1 aliphatic carbocycles. The molecule has 5 nitrogen and oxygen atoms in total. The molecule has 0 bridgehead atoms. The summed E-state index contributed by atoms with van der Waals surface area (Å²) in [4.78, 5) is 15.2. The third kappa shape index (κ3) is 5.17. The Balaban J connectivity index is 0.000000150. The predicted molar refractivity (Wildman–Crippen MR) is 117 cm³/mol. The number of aromatic nitrogens is 3. The molecule has 29 heavy (non-hydrogen) atoms. The maximum absolute atomic E-state index is 11.3. The van der Waals surface area contributed by atoms with Crippen LogP contribution in [0.5, 0.6) is 0 Å². The van der Waals surface area contributed by atoms with Gasteiger partial charge in [-0.1, -0.05) is 42.5 Å². The highest BCUT2D eigenvalue weighted by Gasteiger charge is 2.29. The number of anilines is 1. The van der Waals surface area contributed by atoms with E-state index < -0.39 is 0 Å². The van der Waals surface area contributed by atoms with Crippen LogP contribution in [-0.4, -0.2) is 21.1 Å². The van der Waals surface area contributed by atoms with E-state index in [1.807, 2.05) is 72.8 Å². The molecular formula is C24H22N4O. The number of rotatable bonds is 4. The first-order valence-electron chi connectivity index (χ1n) is 9.67. The van der Waals surface area contributed by atoms with Crippen molar-refractivity contribution in [1.29, 1.82) is 0 Å². The number of para-hydroxylation sites is 2. The van der Waals surface area contributed by atoms with Gasteiger partial charge in [0.2, 0.25) is 5.91 Å². The molecule has 0 spiro atoms. The Morgan fingerprint density at radius 1 is 0.931 bits per heavy atom. The normalized spacial score (nSPS) is 13.1. The van der Waals surface area contributed by atoms with Crippen LogP contribution < -0.4 is 5.32 Å². The Kier molecular flexibility index (Phi) is 5.76. The third-order valence-corrected chi connectivity index (χ3v) is 4.63. The molecule has 0 aliphatic heterocycles. The number of nitrogens with one attached hydrogen (secondary N) is 2. The van der Waals surface area contributed by atoms with Gasteiger partial charge in [0.05, 0.1) is 11.2 Å². The van der Waals surface area contributed by atoms with Gasteiger partial charge in [-0.3, -0.25) is 14.9 Å². The fourth-order valence-corrected chi connectivity index (χ4v) is 2.87. The summed E-state index contributed by atoms with van der Waals surface area (Å²) < 4.78 is 0. The van der Waals surface area contributed by atoms with Crippen LogP contribution in [0.1, 0.15) is 24.1 Å². The number of benzene rings is 2. The van der Waals surface area contributed by atoms with Crippen LogP contribution in [0.15, 0.2) is 79.1 Å². The lowest BCUT2D eigenvalue weighted by atomic mass is 10.2. The molecule has 1 amide bonds. The van der Waals surface area contributed by atoms with E-state index >= 15 is 0 Å². The molecule has 0 saturated heterocycles. The van der Waals surface area contributed by atoms with Gasteiger partial charge in [0.1, 0.15) is 0 Å². The first kappa shape index (κ1) is 18.6. The predicted octanol–water partition coefficient (Wildman–Crippen LogP) is 5.16. The van der Waals surface area contributed by atoms with E-state index in [0.717, 1.165) is 40.7 Å². The molecule has 1 saturated carbocycles. The Bertz CT molecular complexity index is 1100. The highest BCUT2D eigenvalue weighted by Crippen LogP contribution is 2.30. The maximum atomic E-state index is 11.3. The second-order valence-electron chi connectivity index (χ2n) is 6.90. The van der Waals surface area contributed by atoms with Crippen molar-refractivity contribution in [1.82, 2.24) is 15.2 Å². The molecule has 0 radical (unpaired) electrons. The van der Waals surface area contributed by atoms with Crippen molar-refractivity contribution in [2.45, 2.75) is 12.8 Å². The summed E-state index contributed by atoms with van der Waals surface area (Å²) in [6, 6.07) is 21.6. The van der Waals surface area contributed by atoms with Gasteiger partial charge < -0.3 is 5.32 Å². The molecular weight excluding hydrogens is 360 g/mol. The summed E-state index contributed by atoms with van der Waals surface area (Å²) in [7, 11) is 0. The average molecular weight is 382 g/mol. The lowest BCUT2D eigenvalue weighted by Crippen LogP contribution is -2.12. The smallest absolute Gasteiger partial charge is 0.227 e. The van der Waals surface area contributed by atoms with Crippen LogP contribution in [0.2, 0.25) is 0 Å². The van der Waals surface area contributed by atoms with Crippen molar-refractivity contribution >= 4 is 34.6 Å². The summed E-state index contributed by atoms with van der Waals surface area (Å²) in [5, 5.41) is 11.3. The number of fused-ring (bicyclic) bond motifs is 1. The minimum absolute atomic E-state index is 0.168. The number of aromatic amines is 1. The first-order chi connectivity index (χ1) is 14.3. The van der Waals surface area contributed by atoms with Crippen molar-refractivity contribution in [3.05, 3.63) is 90.4 Å². The summed E-state index contributed by atoms with van der Waals surface area (Å²) in [6.07, 6.45) is 9.71. The van der Waals surface area contributed by atoms with E-state index in [4.69, 9.17) is 0 Å². The van der Waals surface area contributed by atoms with Gasteiger partial charge in [-0.05, 0) is 54.8 Å². The van der Waals surface area contributed by atoms with Crippen molar-refractivity contribution in [2.75, 3.05) is 5.32 Å². The largest absolute Gasteiger partial charge is 0.326 e. The van der Waals surface area contributed by atoms with Gasteiger partial charge in [-0.15, -0.1) is 0 Å². The lowest BCUT2D eigenvalue weighted by molar-refractivity contribution is -0.117. The average Bonchev–Trinajstić information content (AvgIpc) is 3.55. The highest BCUT2D eigenvalue weighted by molar-refractivity contribution is 5.94. The van der Waals surface area contributed by atoms with Crippen LogP contribution in [0, 0.1) is 5.92 Å². The zero-order chi connectivity index (χ0) is 19.9. The van der Waals surface area contributed by atoms with Gasteiger partial charge >= 0.3 is 0 Å². The molecule has 0 atom stereocenters. The molecule has 5 rings (SSSR count). The van der Waals surface area contributed by atoms with Crippen molar-refractivity contribution in [3.63, 3.8) is 0 Å². The Hall–Kier alpha value is -3.73. The summed E-state index contributed by atoms with van der Waals surface area (Å²) in [5.41, 5.74) is 4.03. The van der Waals surface area contributed by atoms with E-state index in [2.05, 4.69) is 26.6 Å². The van der Waals surface area contributed by atoms with E-state index in [1.165, 1.54) is 0 Å². The topological polar surface area (TPSA) is 70.7 Å². The number of nitrogens with zero attached hydrogens (tertiary/aromatic N) is 2. The van der Waals surface area contributed by atoms with E-state index in [9.17, 15) is 4.79 Å². The third-order valence-electron chi connectivity index (χ3n) is 4.63. The van der Waals surface area contributed by atoms with E-state index in [0.29, 0.717) is 0 Å². The molecule has 5 heteroatoms. The van der Waals surface area contributed by atoms with Crippen LogP contribution in [0.3, 0.4) is 0 Å². The molecule has 1 fully saturated rings. The lowest BCUT2D eigenvalue weighted by Gasteiger charge is -2.01. The SMILES string of the molecule is C(=C\c1n[nH]c2ccccc12)/c1ccncc1.O=C(Nc1ccccc1)C1CC1. The second kappa shape index (κ2) is 8.97. The quantitative estimate of drug-likeness (QED) is 0.512. The second-order valence-corrected chi connectivity index (χ2v) is 6.90. The molecule has 2 aromatic carbocycles. The van der Waals surface area contributed by atoms with Crippen LogP contribution in [0.25, 0.3) is 23.1 Å². The van der Waals surface area contributed by atoms with Gasteiger partial charge in [-0.25, -0.2) is 0 Å². The minimum Gasteiger partial charge on any atom is -0.326 e. The summed E-state index contributed by atoms with van der Waals surface area (Å²) in [6.45, 7) is 0. The molecule has 1 aliphatic rings. The molecule has 4 aromatic rings. The number of hydrogen-bond donors (Lipinski definition) is 2. The number of amides is 1. The Morgan fingerprint density at radius 3 is 2.41 bits per heavy atom. The molecule has 2 N–H and O–H groups in total. The van der Waals surface area contributed by atoms with Gasteiger partial charge in [0.25, 0.3) is 0 Å². The van der Waals surface area contributed by atoms with Crippen molar-refractivity contribution in [2.24, 2.45) is 5.92 Å². The molecule has 0 unspecified atom stereocenters. The fraction of sp³-hybridized carbons (Fsp3) is 0.125. The standard InChI is InChI=1S/C14H11N3.C10H11NO/c1-2-4-13-12(3-1)14(17-16-13)6-5-11-7-9-15-10-8-11;12-10(8-6-7-8)11-9-4-2-1-3-5-9/h1-10H,(H,16,17);1-5,8H,6-7H2,(H,11,12)/b6-5+;. The molecule has 144 valence electrons. The molecule has 2 aromatic heterocycles. The zero-order valence-corrected chi connectivity index (χ0v) is 16.0. The van der Waals surface area contributed by atoms with Crippen LogP contribution >= 0.6 is 0 Å². The maximum Gasteiger partial charge on any atom is 0.227 e. The minimum atomic E-state index is 0.168. The van der Waals surface area contributed by atoms with E-state index in [-0.39, 0.29) is 11.8 Å². The van der Waals surface area contributed by atoms with Gasteiger partial charge in [0, 0.05) is 29.4 Å². The Morgan fingerprint density at radius 2 is 1.66 bits per heavy atom. The fourth-order valence-electron chi connectivity index (χ4n) is 2.87. The summed E-state index contributed by atoms with van der Waals surface area (Å²) in [5.74, 6) is 0.450. The van der Waals surface area contributed by atoms with Crippen LogP contribution in [0.4, 0.5) is 5.69 Å². The number of carbonyl (C=O) groups excluding carboxylic acids is 1. The zero-order valence-electron chi connectivity index (χ0n) is 16.0. The van der Waals surface area contributed by atoms with Crippen molar-refractivity contribution < 1.29 is 4.79 Å². The van der Waals surface area contributed by atoms with E-state index in [1.54, 1.807) is 12.4 Å². The monoisotopic (exact) mass is 382 g/mol. The van der Waals surface area contributed by atoms with Crippen molar-refractivity contribution in [3.8, 4) is 0 Å². The first-order valence-corrected chi connectivity index (χ1v) is 9.67. The Labute approximate surface area is 169 Å². The number of carbonyl (C=O) groups is 1. The highest BCUT2D eigenvalue weighted by atomic mass is 16.2. The summed E-state index contributed by atoms with van der Waals surface area (Å²) >= 11 is 0. The molecule has 2 heterocycles. The van der Waals surface area contributed by atoms with Gasteiger partial charge in [0.15, 0.2) is 0 Å². The number of hydrogen-bond acceptors (Lipinski definition) is 3. The number of pyridine rings is 1.